The first-order valence-electron chi connectivity index (χ1n) is 5.22. The normalized spacial score (nSPS) is 12.4. The number of H-pyrrole nitrogens is 1. The fourth-order valence-corrected chi connectivity index (χ4v) is 1.33. The number of aromatic nitrogens is 3. The first-order chi connectivity index (χ1) is 7.75. The zero-order valence-corrected chi connectivity index (χ0v) is 9.14. The lowest BCUT2D eigenvalue weighted by atomic mass is 10.3. The number of rotatable bonds is 4. The van der Waals surface area contributed by atoms with Crippen molar-refractivity contribution in [3.8, 4) is 11.4 Å². The van der Waals surface area contributed by atoms with Crippen LogP contribution in [0, 0.1) is 0 Å². The number of nitrogens with zero attached hydrogens (tertiary/aromatic N) is 2. The predicted molar refractivity (Wildman–Crippen MR) is 64.0 cm³/mol. The van der Waals surface area contributed by atoms with Gasteiger partial charge in [0, 0.05) is 18.8 Å². The zero-order chi connectivity index (χ0) is 11.4. The molecule has 0 aliphatic rings. The highest BCUT2D eigenvalue weighted by molar-refractivity contribution is 5.54. The monoisotopic (exact) mass is 217 g/mol. The van der Waals surface area contributed by atoms with Crippen molar-refractivity contribution in [1.82, 2.24) is 15.2 Å². The largest absolute Gasteiger partial charge is 0.367 e. The van der Waals surface area contributed by atoms with E-state index in [1.165, 1.54) is 0 Å². The second-order valence-electron chi connectivity index (χ2n) is 3.75. The Morgan fingerprint density at radius 3 is 2.81 bits per heavy atom. The molecule has 0 bridgehead atoms. The van der Waals surface area contributed by atoms with Gasteiger partial charge in [-0.05, 0) is 31.2 Å². The molecular formula is C11H15N5. The molecule has 0 fully saturated rings. The number of aromatic amines is 1. The van der Waals surface area contributed by atoms with Crippen molar-refractivity contribution in [2.45, 2.75) is 13.0 Å². The van der Waals surface area contributed by atoms with Crippen molar-refractivity contribution in [3.05, 3.63) is 30.5 Å². The van der Waals surface area contributed by atoms with Gasteiger partial charge in [-0.2, -0.15) is 0 Å². The van der Waals surface area contributed by atoms with E-state index in [1.807, 2.05) is 37.4 Å². The molecule has 2 aromatic heterocycles. The average molecular weight is 217 g/mol. The molecule has 0 aliphatic heterocycles. The molecule has 0 radical (unpaired) electrons. The van der Waals surface area contributed by atoms with Gasteiger partial charge in [-0.1, -0.05) is 0 Å². The Labute approximate surface area is 94.1 Å². The molecule has 2 rings (SSSR count). The highest BCUT2D eigenvalue weighted by atomic mass is 15.2. The maximum absolute atomic E-state index is 5.63. The molecule has 16 heavy (non-hydrogen) atoms. The topological polar surface area (TPSA) is 79.6 Å². The third kappa shape index (κ3) is 2.58. The van der Waals surface area contributed by atoms with E-state index in [0.29, 0.717) is 6.54 Å². The third-order valence-corrected chi connectivity index (χ3v) is 2.14. The summed E-state index contributed by atoms with van der Waals surface area (Å²) in [5.74, 6) is 0.743. The summed E-state index contributed by atoms with van der Waals surface area (Å²) in [5, 5.41) is 11.3. The number of hydrogen-bond acceptors (Lipinski definition) is 4. The van der Waals surface area contributed by atoms with E-state index in [0.717, 1.165) is 17.2 Å². The molecular weight excluding hydrogens is 202 g/mol. The van der Waals surface area contributed by atoms with Crippen molar-refractivity contribution in [2.24, 2.45) is 5.73 Å². The molecule has 1 unspecified atom stereocenters. The van der Waals surface area contributed by atoms with Gasteiger partial charge in [-0.3, -0.25) is 0 Å². The summed E-state index contributed by atoms with van der Waals surface area (Å²) in [7, 11) is 0. The Morgan fingerprint density at radius 1 is 1.38 bits per heavy atom. The summed E-state index contributed by atoms with van der Waals surface area (Å²) >= 11 is 0. The van der Waals surface area contributed by atoms with E-state index in [4.69, 9.17) is 5.73 Å². The molecule has 84 valence electrons. The Bertz CT molecular complexity index is 418. The molecule has 1 atom stereocenters. The first-order valence-corrected chi connectivity index (χ1v) is 5.22. The Hall–Kier alpha value is -1.88. The maximum Gasteiger partial charge on any atom is 0.148 e. The van der Waals surface area contributed by atoms with Gasteiger partial charge in [0.05, 0.1) is 5.69 Å². The molecule has 4 N–H and O–H groups in total. The van der Waals surface area contributed by atoms with Crippen molar-refractivity contribution in [1.29, 1.82) is 0 Å². The van der Waals surface area contributed by atoms with Gasteiger partial charge in [0.1, 0.15) is 11.5 Å². The highest BCUT2D eigenvalue weighted by Gasteiger charge is 2.01. The second-order valence-corrected chi connectivity index (χ2v) is 3.75. The van der Waals surface area contributed by atoms with Crippen LogP contribution < -0.4 is 11.1 Å². The predicted octanol–water partition coefficient (Wildman–Crippen LogP) is 1.23. The van der Waals surface area contributed by atoms with Crippen molar-refractivity contribution >= 4 is 5.82 Å². The minimum Gasteiger partial charge on any atom is -0.367 e. The molecule has 5 heteroatoms. The van der Waals surface area contributed by atoms with Gasteiger partial charge in [0.25, 0.3) is 0 Å². The Morgan fingerprint density at radius 2 is 2.25 bits per heavy atom. The molecule has 0 aromatic carbocycles. The van der Waals surface area contributed by atoms with E-state index in [2.05, 4.69) is 20.5 Å². The van der Waals surface area contributed by atoms with E-state index in [-0.39, 0.29) is 6.04 Å². The molecule has 2 heterocycles. The van der Waals surface area contributed by atoms with Crippen molar-refractivity contribution in [3.63, 3.8) is 0 Å². The minimum absolute atomic E-state index is 0.102. The maximum atomic E-state index is 5.63. The highest BCUT2D eigenvalue weighted by Crippen LogP contribution is 2.13. The molecule has 0 amide bonds. The van der Waals surface area contributed by atoms with Crippen LogP contribution in [-0.4, -0.2) is 27.8 Å². The van der Waals surface area contributed by atoms with Crippen LogP contribution in [0.15, 0.2) is 30.5 Å². The lowest BCUT2D eigenvalue weighted by molar-refractivity contribution is 0.775. The quantitative estimate of drug-likeness (QED) is 0.719. The third-order valence-electron chi connectivity index (χ3n) is 2.14. The van der Waals surface area contributed by atoms with Crippen molar-refractivity contribution < 1.29 is 0 Å². The van der Waals surface area contributed by atoms with Gasteiger partial charge < -0.3 is 16.0 Å². The molecule has 2 aromatic rings. The van der Waals surface area contributed by atoms with Crippen LogP contribution in [0.5, 0.6) is 0 Å². The molecule has 0 spiro atoms. The van der Waals surface area contributed by atoms with E-state index in [1.54, 1.807) is 0 Å². The zero-order valence-electron chi connectivity index (χ0n) is 9.14. The van der Waals surface area contributed by atoms with E-state index in [9.17, 15) is 0 Å². The van der Waals surface area contributed by atoms with Gasteiger partial charge >= 0.3 is 0 Å². The van der Waals surface area contributed by atoms with Crippen molar-refractivity contribution in [2.75, 3.05) is 11.9 Å². The van der Waals surface area contributed by atoms with Crippen LogP contribution in [0.3, 0.4) is 0 Å². The Balaban J connectivity index is 2.05. The second kappa shape index (κ2) is 4.76. The van der Waals surface area contributed by atoms with Crippen LogP contribution in [-0.2, 0) is 0 Å². The SMILES string of the molecule is CC(N)CNc1ccc(-c2ccc[nH]2)nn1. The number of hydrogen-bond donors (Lipinski definition) is 3. The smallest absolute Gasteiger partial charge is 0.148 e. The van der Waals surface area contributed by atoms with Gasteiger partial charge in [0.2, 0.25) is 0 Å². The lowest BCUT2D eigenvalue weighted by Crippen LogP contribution is -2.25. The van der Waals surface area contributed by atoms with Crippen LogP contribution in [0.4, 0.5) is 5.82 Å². The van der Waals surface area contributed by atoms with Crippen LogP contribution in [0.25, 0.3) is 11.4 Å². The summed E-state index contributed by atoms with van der Waals surface area (Å²) in [5.41, 5.74) is 7.43. The molecule has 0 saturated heterocycles. The standard InChI is InChI=1S/C11H15N5/c1-8(12)7-14-11-5-4-10(15-16-11)9-3-2-6-13-9/h2-6,8,13H,7,12H2,1H3,(H,14,16). The van der Waals surface area contributed by atoms with E-state index >= 15 is 0 Å². The Kier molecular flexibility index (Phi) is 3.16. The summed E-state index contributed by atoms with van der Waals surface area (Å²) < 4.78 is 0. The molecule has 0 saturated carbocycles. The fourth-order valence-electron chi connectivity index (χ4n) is 1.33. The van der Waals surface area contributed by atoms with Gasteiger partial charge in [-0.25, -0.2) is 0 Å². The number of nitrogens with two attached hydrogens (primary N) is 1. The number of anilines is 1. The number of nitrogens with one attached hydrogen (secondary N) is 2. The van der Waals surface area contributed by atoms with Crippen LogP contribution in [0.1, 0.15) is 6.92 Å². The van der Waals surface area contributed by atoms with Crippen LogP contribution >= 0.6 is 0 Å². The summed E-state index contributed by atoms with van der Waals surface area (Å²) in [6.07, 6.45) is 1.86. The fraction of sp³-hybridized carbons (Fsp3) is 0.273. The summed E-state index contributed by atoms with van der Waals surface area (Å²) in [6, 6.07) is 7.80. The molecule has 5 nitrogen and oxygen atoms in total. The van der Waals surface area contributed by atoms with Crippen LogP contribution in [0.2, 0.25) is 0 Å². The van der Waals surface area contributed by atoms with Gasteiger partial charge in [0.15, 0.2) is 0 Å². The van der Waals surface area contributed by atoms with E-state index < -0.39 is 0 Å². The molecule has 0 aliphatic carbocycles. The van der Waals surface area contributed by atoms with Gasteiger partial charge in [-0.15, -0.1) is 10.2 Å². The summed E-state index contributed by atoms with van der Waals surface area (Å²) in [6.45, 7) is 2.63. The average Bonchev–Trinajstić information content (AvgIpc) is 2.80. The lowest BCUT2D eigenvalue weighted by Gasteiger charge is -2.07. The minimum atomic E-state index is 0.102. The summed E-state index contributed by atoms with van der Waals surface area (Å²) in [4.78, 5) is 3.08. The first kappa shape index (κ1) is 10.6.